The molecule has 0 unspecified atom stereocenters. The molecule has 0 saturated heterocycles. The quantitative estimate of drug-likeness (QED) is 0.622. The first-order valence-corrected chi connectivity index (χ1v) is 4.81. The lowest BCUT2D eigenvalue weighted by Crippen LogP contribution is -2.09. The Labute approximate surface area is 93.4 Å². The van der Waals surface area contributed by atoms with Gasteiger partial charge in [0.05, 0.1) is 5.69 Å². The molecule has 0 atom stereocenters. The molecule has 16 heavy (non-hydrogen) atoms. The van der Waals surface area contributed by atoms with Gasteiger partial charge in [-0.25, -0.2) is 0 Å². The van der Waals surface area contributed by atoms with Crippen molar-refractivity contribution in [3.05, 3.63) is 28.8 Å². The second-order valence-electron chi connectivity index (χ2n) is 3.65. The van der Waals surface area contributed by atoms with Gasteiger partial charge >= 0.3 is 0 Å². The van der Waals surface area contributed by atoms with Gasteiger partial charge in [0.1, 0.15) is 0 Å². The fourth-order valence-corrected chi connectivity index (χ4v) is 1.44. The number of anilines is 1. The van der Waals surface area contributed by atoms with E-state index in [-0.39, 0.29) is 34.2 Å². The molecule has 0 spiro atoms. The second kappa shape index (κ2) is 4.26. The average molecular weight is 219 g/mol. The lowest BCUT2D eigenvalue weighted by Gasteiger charge is -2.09. The Bertz CT molecular complexity index is 454. The van der Waals surface area contributed by atoms with Crippen LogP contribution in [0.5, 0.6) is 0 Å². The van der Waals surface area contributed by atoms with Crippen LogP contribution >= 0.6 is 0 Å². The van der Waals surface area contributed by atoms with Crippen molar-refractivity contribution in [1.82, 2.24) is 0 Å². The van der Waals surface area contributed by atoms with E-state index in [9.17, 15) is 14.4 Å². The van der Waals surface area contributed by atoms with Gasteiger partial charge < -0.3 is 5.73 Å². The summed E-state index contributed by atoms with van der Waals surface area (Å²) in [5.74, 6) is -0.726. The van der Waals surface area contributed by atoms with Gasteiger partial charge in [-0.15, -0.1) is 0 Å². The van der Waals surface area contributed by atoms with E-state index in [1.165, 1.54) is 32.9 Å². The van der Waals surface area contributed by atoms with E-state index in [4.69, 9.17) is 5.73 Å². The summed E-state index contributed by atoms with van der Waals surface area (Å²) in [7, 11) is 0. The Morgan fingerprint density at radius 1 is 0.875 bits per heavy atom. The minimum atomic E-state index is -0.261. The monoisotopic (exact) mass is 219 g/mol. The average Bonchev–Trinajstić information content (AvgIpc) is 2.16. The van der Waals surface area contributed by atoms with Crippen LogP contribution in [-0.2, 0) is 0 Å². The maximum absolute atomic E-state index is 11.3. The molecular formula is C12H13NO3. The van der Waals surface area contributed by atoms with Crippen molar-refractivity contribution < 1.29 is 14.4 Å². The number of benzene rings is 1. The third-order valence-electron chi connectivity index (χ3n) is 2.35. The minimum Gasteiger partial charge on any atom is -0.398 e. The summed E-state index contributed by atoms with van der Waals surface area (Å²) in [6.07, 6.45) is 0. The van der Waals surface area contributed by atoms with E-state index in [1.54, 1.807) is 0 Å². The lowest BCUT2D eigenvalue weighted by molar-refractivity contribution is 0.101. The molecule has 4 heteroatoms. The van der Waals surface area contributed by atoms with E-state index < -0.39 is 0 Å². The highest BCUT2D eigenvalue weighted by Gasteiger charge is 2.15. The van der Waals surface area contributed by atoms with Crippen LogP contribution in [0.1, 0.15) is 51.8 Å². The molecule has 1 rings (SSSR count). The van der Waals surface area contributed by atoms with E-state index in [2.05, 4.69) is 0 Å². The summed E-state index contributed by atoms with van der Waals surface area (Å²) in [5.41, 5.74) is 6.61. The van der Waals surface area contributed by atoms with Crippen molar-refractivity contribution in [3.8, 4) is 0 Å². The van der Waals surface area contributed by atoms with Crippen molar-refractivity contribution in [1.29, 1.82) is 0 Å². The number of nitrogen functional groups attached to an aromatic ring is 1. The predicted molar refractivity (Wildman–Crippen MR) is 60.9 cm³/mol. The van der Waals surface area contributed by atoms with Crippen LogP contribution in [-0.4, -0.2) is 17.3 Å². The first-order valence-electron chi connectivity index (χ1n) is 4.81. The number of rotatable bonds is 3. The zero-order valence-corrected chi connectivity index (χ0v) is 9.46. The van der Waals surface area contributed by atoms with Crippen molar-refractivity contribution in [2.75, 3.05) is 5.73 Å². The maximum atomic E-state index is 11.3. The SMILES string of the molecule is CC(=O)c1cc(C(C)=O)c(N)c(C(C)=O)c1. The van der Waals surface area contributed by atoms with E-state index in [0.717, 1.165) is 0 Å². The third kappa shape index (κ3) is 2.16. The lowest BCUT2D eigenvalue weighted by atomic mass is 9.97. The number of nitrogens with two attached hydrogens (primary N) is 1. The number of hydrogen-bond donors (Lipinski definition) is 1. The molecule has 0 amide bonds. The number of Topliss-reactive ketones (excluding diaryl/α,β-unsaturated/α-hetero) is 3. The number of hydrogen-bond acceptors (Lipinski definition) is 4. The highest BCUT2D eigenvalue weighted by atomic mass is 16.1. The minimum absolute atomic E-state index is 0.144. The fourth-order valence-electron chi connectivity index (χ4n) is 1.44. The second-order valence-corrected chi connectivity index (χ2v) is 3.65. The molecule has 2 N–H and O–H groups in total. The van der Waals surface area contributed by atoms with Crippen LogP contribution < -0.4 is 5.73 Å². The van der Waals surface area contributed by atoms with E-state index in [0.29, 0.717) is 5.56 Å². The summed E-state index contributed by atoms with van der Waals surface area (Å²) < 4.78 is 0. The van der Waals surface area contributed by atoms with Crippen LogP contribution in [0.3, 0.4) is 0 Å². The number of carbonyl (C=O) groups is 3. The van der Waals surface area contributed by atoms with Gasteiger partial charge in [-0.1, -0.05) is 0 Å². The molecule has 84 valence electrons. The first-order chi connectivity index (χ1) is 7.34. The summed E-state index contributed by atoms with van der Waals surface area (Å²) in [6, 6.07) is 2.85. The van der Waals surface area contributed by atoms with Crippen LogP contribution in [0.2, 0.25) is 0 Å². The molecule has 1 aromatic carbocycles. The number of carbonyl (C=O) groups excluding carboxylic acids is 3. The van der Waals surface area contributed by atoms with E-state index >= 15 is 0 Å². The number of ketones is 3. The molecule has 0 aliphatic rings. The predicted octanol–water partition coefficient (Wildman–Crippen LogP) is 1.88. The Morgan fingerprint density at radius 3 is 1.50 bits per heavy atom. The van der Waals surface area contributed by atoms with Crippen LogP contribution in [0.15, 0.2) is 12.1 Å². The Kier molecular flexibility index (Phi) is 3.22. The topological polar surface area (TPSA) is 77.2 Å². The van der Waals surface area contributed by atoms with Gasteiger partial charge in [-0.3, -0.25) is 14.4 Å². The molecule has 0 radical (unpaired) electrons. The normalized spacial score (nSPS) is 9.94. The fraction of sp³-hybridized carbons (Fsp3) is 0.250. The van der Waals surface area contributed by atoms with Crippen molar-refractivity contribution in [2.24, 2.45) is 0 Å². The molecule has 0 fully saturated rings. The molecule has 0 aromatic heterocycles. The van der Waals surface area contributed by atoms with Gasteiger partial charge in [-0.2, -0.15) is 0 Å². The highest BCUT2D eigenvalue weighted by molar-refractivity contribution is 6.10. The summed E-state index contributed by atoms with van der Waals surface area (Å²) in [6.45, 7) is 4.07. The molecule has 0 aliphatic carbocycles. The largest absolute Gasteiger partial charge is 0.398 e. The van der Waals surface area contributed by atoms with Gasteiger partial charge in [0.15, 0.2) is 17.3 Å². The Balaban J connectivity index is 3.57. The Morgan fingerprint density at radius 2 is 1.25 bits per heavy atom. The molecule has 1 aromatic rings. The van der Waals surface area contributed by atoms with Crippen molar-refractivity contribution in [2.45, 2.75) is 20.8 Å². The molecule has 4 nitrogen and oxygen atoms in total. The zero-order chi connectivity index (χ0) is 12.5. The smallest absolute Gasteiger partial charge is 0.161 e. The van der Waals surface area contributed by atoms with Crippen LogP contribution in [0.4, 0.5) is 5.69 Å². The highest BCUT2D eigenvalue weighted by Crippen LogP contribution is 2.22. The summed E-state index contributed by atoms with van der Waals surface area (Å²) in [4.78, 5) is 33.9. The van der Waals surface area contributed by atoms with Crippen molar-refractivity contribution >= 4 is 23.0 Å². The summed E-state index contributed by atoms with van der Waals surface area (Å²) in [5, 5.41) is 0. The standard InChI is InChI=1S/C12H13NO3/c1-6(14)9-4-10(7(2)15)12(13)11(5-9)8(3)16/h4-5H,13H2,1-3H3. The first kappa shape index (κ1) is 12.1. The molecule has 0 aliphatic heterocycles. The van der Waals surface area contributed by atoms with E-state index in [1.807, 2.05) is 0 Å². The van der Waals surface area contributed by atoms with Gasteiger partial charge in [-0.05, 0) is 32.9 Å². The molecule has 0 heterocycles. The summed E-state index contributed by atoms with van der Waals surface area (Å²) >= 11 is 0. The zero-order valence-electron chi connectivity index (χ0n) is 9.46. The van der Waals surface area contributed by atoms with Gasteiger partial charge in [0.2, 0.25) is 0 Å². The third-order valence-corrected chi connectivity index (χ3v) is 2.35. The van der Waals surface area contributed by atoms with Gasteiger partial charge in [0, 0.05) is 16.7 Å². The van der Waals surface area contributed by atoms with Crippen LogP contribution in [0, 0.1) is 0 Å². The maximum Gasteiger partial charge on any atom is 0.161 e. The van der Waals surface area contributed by atoms with Crippen molar-refractivity contribution in [3.63, 3.8) is 0 Å². The van der Waals surface area contributed by atoms with Gasteiger partial charge in [0.25, 0.3) is 0 Å². The molecule has 0 saturated carbocycles. The van der Waals surface area contributed by atoms with Crippen LogP contribution in [0.25, 0.3) is 0 Å². The molecule has 0 bridgehead atoms. The molecular weight excluding hydrogens is 206 g/mol. The Hall–Kier alpha value is -1.97.